The lowest BCUT2D eigenvalue weighted by atomic mass is 10.1. The zero-order valence-electron chi connectivity index (χ0n) is 11.8. The number of aliphatic carboxylic acids is 2. The van der Waals surface area contributed by atoms with E-state index in [1.165, 1.54) is 12.1 Å². The van der Waals surface area contributed by atoms with Crippen molar-refractivity contribution in [3.63, 3.8) is 0 Å². The fourth-order valence-corrected chi connectivity index (χ4v) is 1.95. The SMILES string of the molecule is O=C(O)CC[C@H](N=Cc1c(O)c2ccccc2oc1=O)C(=O)O. The lowest BCUT2D eigenvalue weighted by molar-refractivity contribution is -0.139. The molecule has 1 aromatic heterocycles. The molecule has 0 radical (unpaired) electrons. The van der Waals surface area contributed by atoms with Gasteiger partial charge < -0.3 is 19.7 Å². The first kappa shape index (κ1) is 16.2. The van der Waals surface area contributed by atoms with E-state index in [1.54, 1.807) is 12.1 Å². The summed E-state index contributed by atoms with van der Waals surface area (Å²) in [5.41, 5.74) is -0.967. The Hall–Kier alpha value is -3.16. The third-order valence-corrected chi connectivity index (χ3v) is 3.12. The molecule has 0 saturated carbocycles. The zero-order chi connectivity index (χ0) is 17.0. The molecule has 1 heterocycles. The highest BCUT2D eigenvalue weighted by Gasteiger charge is 2.18. The van der Waals surface area contributed by atoms with Crippen LogP contribution in [0, 0.1) is 0 Å². The highest BCUT2D eigenvalue weighted by atomic mass is 16.4. The van der Waals surface area contributed by atoms with Gasteiger partial charge in [-0.15, -0.1) is 0 Å². The third-order valence-electron chi connectivity index (χ3n) is 3.12. The van der Waals surface area contributed by atoms with Crippen LogP contribution in [0.1, 0.15) is 18.4 Å². The fourth-order valence-electron chi connectivity index (χ4n) is 1.95. The predicted molar refractivity (Wildman–Crippen MR) is 80.0 cm³/mol. The van der Waals surface area contributed by atoms with E-state index in [2.05, 4.69) is 4.99 Å². The molecular formula is C15H13NO7. The minimum atomic E-state index is -1.34. The molecule has 120 valence electrons. The number of fused-ring (bicyclic) bond motifs is 1. The molecule has 0 aliphatic carbocycles. The summed E-state index contributed by atoms with van der Waals surface area (Å²) in [4.78, 5) is 37.1. The topological polar surface area (TPSA) is 137 Å². The molecular weight excluding hydrogens is 306 g/mol. The molecule has 2 aromatic rings. The highest BCUT2D eigenvalue weighted by Crippen LogP contribution is 2.24. The molecule has 2 rings (SSSR count). The molecule has 0 aliphatic rings. The summed E-state index contributed by atoms with van der Waals surface area (Å²) in [6, 6.07) is 4.96. The number of benzene rings is 1. The third kappa shape index (κ3) is 3.73. The second-order valence-corrected chi connectivity index (χ2v) is 4.71. The summed E-state index contributed by atoms with van der Waals surface area (Å²) in [7, 11) is 0. The van der Waals surface area contributed by atoms with Gasteiger partial charge in [0, 0.05) is 12.6 Å². The summed E-state index contributed by atoms with van der Waals surface area (Å²) in [5, 5.41) is 28.0. The average molecular weight is 319 g/mol. The smallest absolute Gasteiger partial charge is 0.348 e. The van der Waals surface area contributed by atoms with Crippen molar-refractivity contribution < 1.29 is 29.3 Å². The van der Waals surface area contributed by atoms with E-state index in [1.807, 2.05) is 0 Å². The van der Waals surface area contributed by atoms with Crippen LogP contribution >= 0.6 is 0 Å². The summed E-state index contributed by atoms with van der Waals surface area (Å²) in [6.45, 7) is 0. The maximum absolute atomic E-state index is 11.8. The van der Waals surface area contributed by atoms with E-state index < -0.39 is 23.6 Å². The number of hydrogen-bond acceptors (Lipinski definition) is 6. The summed E-state index contributed by atoms with van der Waals surface area (Å²) < 4.78 is 5.02. The lowest BCUT2D eigenvalue weighted by Crippen LogP contribution is -2.20. The van der Waals surface area contributed by atoms with Gasteiger partial charge in [-0.1, -0.05) is 12.1 Å². The molecule has 0 saturated heterocycles. The van der Waals surface area contributed by atoms with E-state index in [4.69, 9.17) is 14.6 Å². The van der Waals surface area contributed by atoms with Crippen molar-refractivity contribution in [2.24, 2.45) is 4.99 Å². The molecule has 8 heteroatoms. The first-order chi connectivity index (χ1) is 10.9. The Morgan fingerprint density at radius 2 is 1.96 bits per heavy atom. The second-order valence-electron chi connectivity index (χ2n) is 4.71. The van der Waals surface area contributed by atoms with Crippen LogP contribution < -0.4 is 5.63 Å². The Bertz CT molecular complexity index is 837. The van der Waals surface area contributed by atoms with Crippen LogP contribution in [0.4, 0.5) is 0 Å². The van der Waals surface area contributed by atoms with E-state index >= 15 is 0 Å². The first-order valence-electron chi connectivity index (χ1n) is 6.62. The zero-order valence-corrected chi connectivity index (χ0v) is 11.8. The number of aromatic hydroxyl groups is 1. The highest BCUT2D eigenvalue weighted by molar-refractivity contribution is 5.94. The quantitative estimate of drug-likeness (QED) is 0.538. The van der Waals surface area contributed by atoms with Crippen molar-refractivity contribution >= 4 is 29.1 Å². The number of carboxylic acid groups (broad SMARTS) is 2. The van der Waals surface area contributed by atoms with E-state index in [0.717, 1.165) is 6.21 Å². The lowest BCUT2D eigenvalue weighted by Gasteiger charge is -2.06. The minimum absolute atomic E-state index is 0.188. The molecule has 23 heavy (non-hydrogen) atoms. The van der Waals surface area contributed by atoms with Gasteiger partial charge in [-0.25, -0.2) is 9.59 Å². The van der Waals surface area contributed by atoms with Crippen molar-refractivity contribution in [1.82, 2.24) is 0 Å². The van der Waals surface area contributed by atoms with Gasteiger partial charge in [0.25, 0.3) is 0 Å². The minimum Gasteiger partial charge on any atom is -0.506 e. The second kappa shape index (κ2) is 6.73. The number of aliphatic imine (C=N–C) groups is 1. The molecule has 0 amide bonds. The number of para-hydroxylation sites is 1. The van der Waals surface area contributed by atoms with Gasteiger partial charge in [0.05, 0.1) is 5.39 Å². The fraction of sp³-hybridized carbons (Fsp3) is 0.200. The molecule has 0 bridgehead atoms. The van der Waals surface area contributed by atoms with Crippen molar-refractivity contribution in [1.29, 1.82) is 0 Å². The largest absolute Gasteiger partial charge is 0.506 e. The summed E-state index contributed by atoms with van der Waals surface area (Å²) in [5.74, 6) is -2.85. The van der Waals surface area contributed by atoms with Gasteiger partial charge in [0.2, 0.25) is 0 Å². The van der Waals surface area contributed by atoms with Gasteiger partial charge >= 0.3 is 17.6 Å². The Labute approximate surface area is 129 Å². The molecule has 0 unspecified atom stereocenters. The number of carboxylic acids is 2. The van der Waals surface area contributed by atoms with Crippen LogP contribution in [0.3, 0.4) is 0 Å². The van der Waals surface area contributed by atoms with Crippen LogP contribution in [0.5, 0.6) is 5.75 Å². The molecule has 0 spiro atoms. The monoisotopic (exact) mass is 319 g/mol. The van der Waals surface area contributed by atoms with Crippen LogP contribution in [-0.2, 0) is 9.59 Å². The maximum Gasteiger partial charge on any atom is 0.348 e. The van der Waals surface area contributed by atoms with Crippen molar-refractivity contribution in [3.8, 4) is 5.75 Å². The molecule has 1 aromatic carbocycles. The molecule has 0 aliphatic heterocycles. The van der Waals surface area contributed by atoms with Crippen LogP contribution in [-0.4, -0.2) is 39.5 Å². The first-order valence-corrected chi connectivity index (χ1v) is 6.62. The summed E-state index contributed by atoms with van der Waals surface area (Å²) >= 11 is 0. The normalized spacial score (nSPS) is 12.5. The van der Waals surface area contributed by atoms with E-state index in [9.17, 15) is 19.5 Å². The molecule has 0 fully saturated rings. The predicted octanol–water partition coefficient (Wildman–Crippen LogP) is 1.24. The molecule has 1 atom stereocenters. The number of nitrogens with zero attached hydrogens (tertiary/aromatic N) is 1. The Balaban J connectivity index is 2.37. The van der Waals surface area contributed by atoms with Crippen LogP contribution in [0.2, 0.25) is 0 Å². The van der Waals surface area contributed by atoms with Crippen LogP contribution in [0.15, 0.2) is 38.5 Å². The van der Waals surface area contributed by atoms with Crippen LogP contribution in [0.25, 0.3) is 11.0 Å². The number of carbonyl (C=O) groups is 2. The standard InChI is InChI=1S/C15H13NO7/c17-12(18)6-5-10(14(20)21)16-7-9-13(19)8-3-1-2-4-11(8)23-15(9)22/h1-4,7,10,19H,5-6H2,(H,17,18)(H,20,21)/t10-/m0/s1. The Morgan fingerprint density at radius 3 is 2.61 bits per heavy atom. The van der Waals surface area contributed by atoms with E-state index in [-0.39, 0.29) is 35.1 Å². The Kier molecular flexibility index (Phi) is 4.75. The van der Waals surface area contributed by atoms with Crippen molar-refractivity contribution in [2.75, 3.05) is 0 Å². The van der Waals surface area contributed by atoms with Crippen molar-refractivity contribution in [2.45, 2.75) is 18.9 Å². The van der Waals surface area contributed by atoms with Gasteiger partial charge in [-0.05, 0) is 18.6 Å². The number of rotatable bonds is 6. The number of hydrogen-bond donors (Lipinski definition) is 3. The molecule has 8 nitrogen and oxygen atoms in total. The van der Waals surface area contributed by atoms with Gasteiger partial charge in [0.15, 0.2) is 0 Å². The maximum atomic E-state index is 11.8. The van der Waals surface area contributed by atoms with Gasteiger partial charge in [-0.2, -0.15) is 0 Å². The van der Waals surface area contributed by atoms with Gasteiger partial charge in [-0.3, -0.25) is 9.79 Å². The molecule has 3 N–H and O–H groups in total. The van der Waals surface area contributed by atoms with Gasteiger partial charge in [0.1, 0.15) is 22.9 Å². The summed E-state index contributed by atoms with van der Waals surface area (Å²) in [6.07, 6.45) is 0.279. The Morgan fingerprint density at radius 1 is 1.26 bits per heavy atom. The average Bonchev–Trinajstić information content (AvgIpc) is 2.49. The van der Waals surface area contributed by atoms with Crippen molar-refractivity contribution in [3.05, 3.63) is 40.2 Å². The van der Waals surface area contributed by atoms with E-state index in [0.29, 0.717) is 0 Å².